The zero-order chi connectivity index (χ0) is 22.0. The Labute approximate surface area is 169 Å². The van der Waals surface area contributed by atoms with E-state index in [2.05, 4.69) is 14.6 Å². The molecular formula is C19H31F3N2O5. The van der Waals surface area contributed by atoms with E-state index in [9.17, 15) is 22.8 Å². The second kappa shape index (κ2) is 12.0. The standard InChI is InChI=1S/C19H31F3N2O5/c1-5-6-8-13(16(17(25)28-3)18(26)29-4)11-15(19(20,21)22)23-24-10-7-9-14(24)12-27-2/h13-14,16H,5-12H2,1-4H3/b23-15-/t13-,14-/m0/s1. The van der Waals surface area contributed by atoms with E-state index in [0.717, 1.165) is 20.6 Å². The van der Waals surface area contributed by atoms with Gasteiger partial charge in [0, 0.05) is 20.1 Å². The van der Waals surface area contributed by atoms with Gasteiger partial charge in [-0.1, -0.05) is 19.8 Å². The Morgan fingerprint density at radius 1 is 1.17 bits per heavy atom. The Bertz CT molecular complexity index is 553. The number of hydrazone groups is 1. The molecule has 0 spiro atoms. The summed E-state index contributed by atoms with van der Waals surface area (Å²) in [6.45, 7) is 2.55. The minimum Gasteiger partial charge on any atom is -0.468 e. The molecule has 0 saturated carbocycles. The number of alkyl halides is 3. The van der Waals surface area contributed by atoms with Gasteiger partial charge in [0.05, 0.1) is 26.9 Å². The van der Waals surface area contributed by atoms with Gasteiger partial charge in [0.25, 0.3) is 0 Å². The second-order valence-corrected chi connectivity index (χ2v) is 7.09. The largest absolute Gasteiger partial charge is 0.468 e. The quantitative estimate of drug-likeness (QED) is 0.288. The second-order valence-electron chi connectivity index (χ2n) is 7.09. The minimum atomic E-state index is -4.69. The molecule has 10 heteroatoms. The number of nitrogens with zero attached hydrogens (tertiary/aromatic N) is 2. The highest BCUT2D eigenvalue weighted by molar-refractivity contribution is 5.97. The molecule has 2 atom stereocenters. The van der Waals surface area contributed by atoms with Crippen LogP contribution in [0.2, 0.25) is 0 Å². The maximum Gasteiger partial charge on any atom is 0.431 e. The highest BCUT2D eigenvalue weighted by atomic mass is 19.4. The summed E-state index contributed by atoms with van der Waals surface area (Å²) in [5, 5.41) is 5.29. The van der Waals surface area contributed by atoms with Crippen LogP contribution in [0.25, 0.3) is 0 Å². The van der Waals surface area contributed by atoms with E-state index in [-0.39, 0.29) is 19.1 Å². The van der Waals surface area contributed by atoms with E-state index in [1.165, 1.54) is 12.1 Å². The summed E-state index contributed by atoms with van der Waals surface area (Å²) in [5.74, 6) is -4.17. The van der Waals surface area contributed by atoms with Gasteiger partial charge in [0.2, 0.25) is 0 Å². The van der Waals surface area contributed by atoms with Crippen molar-refractivity contribution in [2.24, 2.45) is 16.9 Å². The molecule has 1 aliphatic rings. The molecule has 1 aliphatic heterocycles. The molecule has 0 radical (unpaired) electrons. The number of halogens is 3. The predicted octanol–water partition coefficient (Wildman–Crippen LogP) is 3.17. The Hall–Kier alpha value is -1.84. The molecule has 0 aromatic rings. The molecule has 7 nitrogen and oxygen atoms in total. The molecule has 0 unspecified atom stereocenters. The van der Waals surface area contributed by atoms with Crippen LogP contribution < -0.4 is 0 Å². The Morgan fingerprint density at radius 2 is 1.79 bits per heavy atom. The summed E-state index contributed by atoms with van der Waals surface area (Å²) in [7, 11) is 3.67. The summed E-state index contributed by atoms with van der Waals surface area (Å²) in [5.41, 5.74) is -1.01. The van der Waals surface area contributed by atoms with Crippen LogP contribution in [0.15, 0.2) is 5.10 Å². The number of ether oxygens (including phenoxy) is 3. The van der Waals surface area contributed by atoms with Gasteiger partial charge in [0.1, 0.15) is 5.71 Å². The maximum atomic E-state index is 13.8. The molecule has 1 heterocycles. The third-order valence-electron chi connectivity index (χ3n) is 5.05. The van der Waals surface area contributed by atoms with Gasteiger partial charge < -0.3 is 14.2 Å². The topological polar surface area (TPSA) is 77.4 Å². The third kappa shape index (κ3) is 7.49. The molecule has 1 rings (SSSR count). The van der Waals surface area contributed by atoms with Gasteiger partial charge in [-0.15, -0.1) is 0 Å². The molecule has 0 aromatic heterocycles. The van der Waals surface area contributed by atoms with E-state index in [0.29, 0.717) is 25.8 Å². The number of unbranched alkanes of at least 4 members (excludes halogenated alkanes) is 1. The van der Waals surface area contributed by atoms with Crippen LogP contribution in [0.1, 0.15) is 45.4 Å². The average Bonchev–Trinajstić information content (AvgIpc) is 3.11. The normalized spacial score (nSPS) is 18.8. The Kier molecular flexibility index (Phi) is 10.4. The van der Waals surface area contributed by atoms with E-state index in [4.69, 9.17) is 4.74 Å². The first-order chi connectivity index (χ1) is 13.7. The zero-order valence-electron chi connectivity index (χ0n) is 17.5. The monoisotopic (exact) mass is 424 g/mol. The molecule has 0 bridgehead atoms. The fourth-order valence-corrected chi connectivity index (χ4v) is 3.52. The maximum absolute atomic E-state index is 13.8. The smallest absolute Gasteiger partial charge is 0.431 e. The van der Waals surface area contributed by atoms with Crippen LogP contribution in [0, 0.1) is 11.8 Å². The van der Waals surface area contributed by atoms with Gasteiger partial charge in [0.15, 0.2) is 5.92 Å². The highest BCUT2D eigenvalue weighted by Gasteiger charge is 2.44. The lowest BCUT2D eigenvalue weighted by molar-refractivity contribution is -0.161. The Balaban J connectivity index is 3.22. The summed E-state index contributed by atoms with van der Waals surface area (Å²) in [6, 6.07) is -0.233. The van der Waals surface area contributed by atoms with Crippen molar-refractivity contribution in [3.05, 3.63) is 0 Å². The van der Waals surface area contributed by atoms with Crippen molar-refractivity contribution in [2.45, 2.75) is 57.7 Å². The van der Waals surface area contributed by atoms with E-state index in [1.807, 2.05) is 6.92 Å². The van der Waals surface area contributed by atoms with Crippen molar-refractivity contribution in [3.8, 4) is 0 Å². The van der Waals surface area contributed by atoms with Crippen LogP contribution in [0.5, 0.6) is 0 Å². The van der Waals surface area contributed by atoms with Gasteiger partial charge in [-0.25, -0.2) is 0 Å². The van der Waals surface area contributed by atoms with E-state index < -0.39 is 42.1 Å². The van der Waals surface area contributed by atoms with Crippen LogP contribution in [-0.4, -0.2) is 69.4 Å². The molecule has 0 aromatic carbocycles. The van der Waals surface area contributed by atoms with E-state index >= 15 is 0 Å². The van der Waals surface area contributed by atoms with Gasteiger partial charge >= 0.3 is 18.1 Å². The molecule has 29 heavy (non-hydrogen) atoms. The van der Waals surface area contributed by atoms with Crippen LogP contribution in [0.3, 0.4) is 0 Å². The number of esters is 2. The highest BCUT2D eigenvalue weighted by Crippen LogP contribution is 2.31. The molecule has 1 saturated heterocycles. The zero-order valence-corrected chi connectivity index (χ0v) is 17.5. The molecule has 0 aliphatic carbocycles. The minimum absolute atomic E-state index is 0.233. The fraction of sp³-hybridized carbons (Fsp3) is 0.842. The van der Waals surface area contributed by atoms with Gasteiger partial charge in [-0.05, 0) is 25.2 Å². The van der Waals surface area contributed by atoms with Crippen LogP contribution in [0.4, 0.5) is 13.2 Å². The third-order valence-corrected chi connectivity index (χ3v) is 5.05. The van der Waals surface area contributed by atoms with Gasteiger partial charge in [-0.2, -0.15) is 18.3 Å². The predicted molar refractivity (Wildman–Crippen MR) is 100 cm³/mol. The van der Waals surface area contributed by atoms with Crippen molar-refractivity contribution >= 4 is 17.7 Å². The fourth-order valence-electron chi connectivity index (χ4n) is 3.52. The lowest BCUT2D eigenvalue weighted by Crippen LogP contribution is -2.38. The van der Waals surface area contributed by atoms with Crippen molar-refractivity contribution in [3.63, 3.8) is 0 Å². The molecule has 0 N–H and O–H groups in total. The average molecular weight is 424 g/mol. The SMILES string of the molecule is CCCC[C@@H](C/C(=N/N1CCC[C@H]1COC)C(F)(F)F)C(C(=O)OC)C(=O)OC. The van der Waals surface area contributed by atoms with Crippen LogP contribution in [-0.2, 0) is 23.8 Å². The van der Waals surface area contributed by atoms with Crippen molar-refractivity contribution in [1.82, 2.24) is 5.01 Å². The summed E-state index contributed by atoms with van der Waals surface area (Å²) in [6.07, 6.45) is -2.37. The number of hydrogen-bond donors (Lipinski definition) is 0. The summed E-state index contributed by atoms with van der Waals surface area (Å²) < 4.78 is 55.7. The summed E-state index contributed by atoms with van der Waals surface area (Å²) in [4.78, 5) is 24.3. The number of rotatable bonds is 11. The lowest BCUT2D eigenvalue weighted by Gasteiger charge is -2.27. The molecule has 0 amide bonds. The Morgan fingerprint density at radius 3 is 2.28 bits per heavy atom. The first-order valence-electron chi connectivity index (χ1n) is 9.75. The number of carbonyl (C=O) groups is 2. The molecule has 1 fully saturated rings. The molecule has 168 valence electrons. The van der Waals surface area contributed by atoms with Gasteiger partial charge in [-0.3, -0.25) is 14.6 Å². The number of methoxy groups -OCH3 is 3. The number of carbonyl (C=O) groups excluding carboxylic acids is 2. The number of hydrogen-bond acceptors (Lipinski definition) is 7. The van der Waals surface area contributed by atoms with Crippen molar-refractivity contribution < 1.29 is 37.0 Å². The molecular weight excluding hydrogens is 393 g/mol. The van der Waals surface area contributed by atoms with E-state index in [1.54, 1.807) is 0 Å². The van der Waals surface area contributed by atoms with Crippen molar-refractivity contribution in [1.29, 1.82) is 0 Å². The van der Waals surface area contributed by atoms with Crippen LogP contribution >= 0.6 is 0 Å². The first-order valence-corrected chi connectivity index (χ1v) is 9.75. The van der Waals surface area contributed by atoms with Crippen molar-refractivity contribution in [2.75, 3.05) is 34.5 Å². The lowest BCUT2D eigenvalue weighted by atomic mass is 9.83. The summed E-state index contributed by atoms with van der Waals surface area (Å²) >= 11 is 0. The first kappa shape index (κ1) is 25.2.